The second-order valence-corrected chi connectivity index (χ2v) is 9.56. The molecule has 1 saturated carbocycles. The van der Waals surface area contributed by atoms with Crippen LogP contribution in [0.2, 0.25) is 0 Å². The van der Waals surface area contributed by atoms with Crippen molar-refractivity contribution in [2.45, 2.75) is 58.1 Å². The van der Waals surface area contributed by atoms with Crippen LogP contribution in [0.15, 0.2) is 24.5 Å². The van der Waals surface area contributed by atoms with Gasteiger partial charge in [-0.2, -0.15) is 10.1 Å². The number of unbranched alkanes of at least 4 members (excludes halogenated alkanes) is 1. The smallest absolute Gasteiger partial charge is 0.224 e. The van der Waals surface area contributed by atoms with Crippen LogP contribution in [0.4, 0.5) is 11.8 Å². The molecule has 0 unspecified atom stereocenters. The van der Waals surface area contributed by atoms with Crippen molar-refractivity contribution in [1.29, 1.82) is 0 Å². The van der Waals surface area contributed by atoms with Gasteiger partial charge in [-0.3, -0.25) is 0 Å². The SMILES string of the molecule is CCCCNc1ncc2c(-c3ccc(N4CCNCC4)nc3)nn(C[C@H]3CC[C@@H](O)CC3)c2n1. The third-order valence-corrected chi connectivity index (χ3v) is 7.01. The molecule has 0 amide bonds. The maximum atomic E-state index is 9.91. The Morgan fingerprint density at radius 2 is 1.91 bits per heavy atom. The van der Waals surface area contributed by atoms with E-state index in [9.17, 15) is 5.11 Å². The molecule has 0 radical (unpaired) electrons. The maximum Gasteiger partial charge on any atom is 0.224 e. The predicted octanol–water partition coefficient (Wildman–Crippen LogP) is 3.06. The number of anilines is 2. The van der Waals surface area contributed by atoms with E-state index < -0.39 is 0 Å². The minimum Gasteiger partial charge on any atom is -0.393 e. The van der Waals surface area contributed by atoms with Gasteiger partial charge in [-0.15, -0.1) is 0 Å². The summed E-state index contributed by atoms with van der Waals surface area (Å²) in [6.07, 6.45) is 9.65. The van der Waals surface area contributed by atoms with E-state index in [1.54, 1.807) is 0 Å². The van der Waals surface area contributed by atoms with E-state index in [0.717, 1.165) is 106 Å². The topological polar surface area (TPSA) is 104 Å². The van der Waals surface area contributed by atoms with Crippen LogP contribution in [0.3, 0.4) is 0 Å². The molecule has 9 nitrogen and oxygen atoms in total. The summed E-state index contributed by atoms with van der Waals surface area (Å²) in [4.78, 5) is 16.5. The Labute approximate surface area is 201 Å². The van der Waals surface area contributed by atoms with E-state index in [1.807, 2.05) is 17.1 Å². The lowest BCUT2D eigenvalue weighted by Gasteiger charge is -2.28. The van der Waals surface area contributed by atoms with Crippen molar-refractivity contribution in [2.24, 2.45) is 5.92 Å². The van der Waals surface area contributed by atoms with Gasteiger partial charge in [0.15, 0.2) is 5.65 Å². The van der Waals surface area contributed by atoms with Crippen molar-refractivity contribution in [1.82, 2.24) is 30.0 Å². The standard InChI is InChI=1S/C25H36N8O/c1-2-3-10-27-25-29-16-21-23(19-6-9-22(28-15-19)32-13-11-26-12-14-32)31-33(24(21)30-25)17-18-4-7-20(34)8-5-18/h6,9,15-16,18,20,26,34H,2-5,7-8,10-14,17H2,1H3,(H,27,29,30)/t18-,20+. The molecule has 0 aromatic carbocycles. The fourth-order valence-corrected chi connectivity index (χ4v) is 4.94. The van der Waals surface area contributed by atoms with Crippen molar-refractivity contribution in [2.75, 3.05) is 42.9 Å². The number of piperazine rings is 1. The molecule has 4 heterocycles. The van der Waals surface area contributed by atoms with E-state index in [4.69, 9.17) is 15.1 Å². The molecule has 0 spiro atoms. The minimum atomic E-state index is -0.154. The normalized spacial score (nSPS) is 21.2. The number of aliphatic hydroxyl groups excluding tert-OH is 1. The first-order chi connectivity index (χ1) is 16.7. The van der Waals surface area contributed by atoms with Crippen LogP contribution in [-0.4, -0.2) is 68.7 Å². The predicted molar refractivity (Wildman–Crippen MR) is 135 cm³/mol. The van der Waals surface area contributed by atoms with E-state index in [-0.39, 0.29) is 6.10 Å². The van der Waals surface area contributed by atoms with Crippen LogP contribution >= 0.6 is 0 Å². The molecule has 1 aliphatic carbocycles. The van der Waals surface area contributed by atoms with Gasteiger partial charge in [-0.25, -0.2) is 14.6 Å². The fourth-order valence-electron chi connectivity index (χ4n) is 4.94. The highest BCUT2D eigenvalue weighted by molar-refractivity contribution is 5.91. The monoisotopic (exact) mass is 464 g/mol. The first-order valence-corrected chi connectivity index (χ1v) is 12.8. The summed E-state index contributed by atoms with van der Waals surface area (Å²) < 4.78 is 2.05. The zero-order chi connectivity index (χ0) is 23.3. The Morgan fingerprint density at radius 3 is 2.65 bits per heavy atom. The molecule has 1 aliphatic heterocycles. The molecule has 1 saturated heterocycles. The van der Waals surface area contributed by atoms with Gasteiger partial charge < -0.3 is 20.6 Å². The second kappa shape index (κ2) is 10.7. The summed E-state index contributed by atoms with van der Waals surface area (Å²) in [5, 5.41) is 22.6. The van der Waals surface area contributed by atoms with Gasteiger partial charge in [0, 0.05) is 57.2 Å². The largest absolute Gasteiger partial charge is 0.393 e. The highest BCUT2D eigenvalue weighted by Gasteiger charge is 2.23. The fraction of sp³-hybridized carbons (Fsp3) is 0.600. The molecule has 5 rings (SSSR count). The zero-order valence-electron chi connectivity index (χ0n) is 20.1. The molecular weight excluding hydrogens is 428 g/mol. The van der Waals surface area contributed by atoms with Gasteiger partial charge in [0.25, 0.3) is 0 Å². The molecule has 9 heteroatoms. The lowest BCUT2D eigenvalue weighted by Crippen LogP contribution is -2.43. The number of aromatic nitrogens is 5. The molecular formula is C25H36N8O. The lowest BCUT2D eigenvalue weighted by molar-refractivity contribution is 0.103. The number of nitrogens with one attached hydrogen (secondary N) is 2. The van der Waals surface area contributed by atoms with Gasteiger partial charge in [-0.1, -0.05) is 13.3 Å². The number of fused-ring (bicyclic) bond motifs is 1. The van der Waals surface area contributed by atoms with Gasteiger partial charge in [0.2, 0.25) is 5.95 Å². The van der Waals surface area contributed by atoms with Crippen molar-refractivity contribution >= 4 is 22.8 Å². The summed E-state index contributed by atoms with van der Waals surface area (Å²) in [7, 11) is 0. The molecule has 2 fully saturated rings. The van der Waals surface area contributed by atoms with Crippen molar-refractivity contribution in [3.8, 4) is 11.3 Å². The number of rotatable bonds is 8. The summed E-state index contributed by atoms with van der Waals surface area (Å²) >= 11 is 0. The van der Waals surface area contributed by atoms with Crippen molar-refractivity contribution < 1.29 is 5.11 Å². The van der Waals surface area contributed by atoms with Crippen LogP contribution in [-0.2, 0) is 6.54 Å². The molecule has 0 bridgehead atoms. The molecule has 3 aromatic heterocycles. The summed E-state index contributed by atoms with van der Waals surface area (Å²) in [6, 6.07) is 4.20. The third kappa shape index (κ3) is 5.15. The number of pyridine rings is 1. The lowest BCUT2D eigenvalue weighted by atomic mass is 9.87. The molecule has 3 aromatic rings. The van der Waals surface area contributed by atoms with Crippen molar-refractivity contribution in [3.05, 3.63) is 24.5 Å². The molecule has 3 N–H and O–H groups in total. The van der Waals surface area contributed by atoms with Crippen LogP contribution in [0, 0.1) is 5.92 Å². The highest BCUT2D eigenvalue weighted by Crippen LogP contribution is 2.31. The van der Waals surface area contributed by atoms with E-state index in [0.29, 0.717) is 11.9 Å². The van der Waals surface area contributed by atoms with Crippen molar-refractivity contribution in [3.63, 3.8) is 0 Å². The van der Waals surface area contributed by atoms with Crippen LogP contribution in [0.1, 0.15) is 45.4 Å². The first-order valence-electron chi connectivity index (χ1n) is 12.8. The average molecular weight is 465 g/mol. The summed E-state index contributed by atoms with van der Waals surface area (Å²) in [5.41, 5.74) is 2.73. The number of aliphatic hydroxyl groups is 1. The van der Waals surface area contributed by atoms with Gasteiger partial charge >= 0.3 is 0 Å². The first kappa shape index (κ1) is 23.0. The minimum absolute atomic E-state index is 0.154. The average Bonchev–Trinajstić information content (AvgIpc) is 3.24. The van der Waals surface area contributed by atoms with Crippen LogP contribution in [0.5, 0.6) is 0 Å². The third-order valence-electron chi connectivity index (χ3n) is 7.01. The molecule has 0 atom stereocenters. The molecule has 2 aliphatic rings. The van der Waals surface area contributed by atoms with E-state index >= 15 is 0 Å². The van der Waals surface area contributed by atoms with Crippen LogP contribution < -0.4 is 15.5 Å². The Bertz CT molecular complexity index is 1070. The van der Waals surface area contributed by atoms with Gasteiger partial charge in [0.05, 0.1) is 11.5 Å². The Balaban J connectivity index is 1.44. The highest BCUT2D eigenvalue weighted by atomic mass is 16.3. The van der Waals surface area contributed by atoms with Gasteiger partial charge in [-0.05, 0) is 50.2 Å². The number of hydrogen-bond acceptors (Lipinski definition) is 8. The summed E-state index contributed by atoms with van der Waals surface area (Å²) in [6.45, 7) is 7.77. The zero-order valence-corrected chi connectivity index (χ0v) is 20.1. The van der Waals surface area contributed by atoms with E-state index in [2.05, 4.69) is 39.6 Å². The Morgan fingerprint density at radius 1 is 1.09 bits per heavy atom. The van der Waals surface area contributed by atoms with Gasteiger partial charge in [0.1, 0.15) is 11.5 Å². The quantitative estimate of drug-likeness (QED) is 0.437. The second-order valence-electron chi connectivity index (χ2n) is 9.56. The Kier molecular flexibility index (Phi) is 7.20. The number of nitrogens with zero attached hydrogens (tertiary/aromatic N) is 6. The Hall–Kier alpha value is -2.78. The molecule has 182 valence electrons. The van der Waals surface area contributed by atoms with Crippen LogP contribution in [0.25, 0.3) is 22.3 Å². The maximum absolute atomic E-state index is 9.91. The summed E-state index contributed by atoms with van der Waals surface area (Å²) in [5.74, 6) is 2.16. The van der Waals surface area contributed by atoms with E-state index in [1.165, 1.54) is 0 Å². The number of hydrogen-bond donors (Lipinski definition) is 3. The molecule has 34 heavy (non-hydrogen) atoms.